The minimum atomic E-state index is -1.27. The van der Waals surface area contributed by atoms with Gasteiger partial charge in [0.15, 0.2) is 0 Å². The van der Waals surface area contributed by atoms with Crippen molar-refractivity contribution in [3.8, 4) is 5.75 Å². The monoisotopic (exact) mass is 308 g/mol. The van der Waals surface area contributed by atoms with E-state index in [0.29, 0.717) is 18.8 Å². The van der Waals surface area contributed by atoms with Crippen LogP contribution in [0, 0.1) is 0 Å². The summed E-state index contributed by atoms with van der Waals surface area (Å²) in [6.07, 6.45) is 1.72. The summed E-state index contributed by atoms with van der Waals surface area (Å²) >= 11 is 0. The number of phenols is 1. The Morgan fingerprint density at radius 3 is 2.95 bits per heavy atom. The Hall–Kier alpha value is -2.12. The largest absolute Gasteiger partial charge is 0.544 e. The highest BCUT2D eigenvalue weighted by molar-refractivity contribution is 5.93. The van der Waals surface area contributed by atoms with Gasteiger partial charge in [-0.25, -0.2) is 0 Å². The summed E-state index contributed by atoms with van der Waals surface area (Å²) in [5.41, 5.74) is 0.418. The number of aromatic hydroxyl groups is 1. The number of aliphatic carboxylic acids is 1. The van der Waals surface area contributed by atoms with E-state index in [4.69, 9.17) is 4.74 Å². The zero-order valence-corrected chi connectivity index (χ0v) is 12.2. The van der Waals surface area contributed by atoms with Crippen LogP contribution in [0.4, 0.5) is 5.69 Å². The van der Waals surface area contributed by atoms with Gasteiger partial charge in [-0.1, -0.05) is 6.07 Å². The van der Waals surface area contributed by atoms with E-state index in [9.17, 15) is 19.8 Å². The predicted octanol–water partition coefficient (Wildman–Crippen LogP) is -1.42. The zero-order valence-electron chi connectivity index (χ0n) is 12.2. The van der Waals surface area contributed by atoms with Crippen LogP contribution in [0.3, 0.4) is 0 Å². The third-order valence-electron chi connectivity index (χ3n) is 3.55. The minimum absolute atomic E-state index is 0.0270. The van der Waals surface area contributed by atoms with E-state index in [1.807, 2.05) is 0 Å². The highest BCUT2D eigenvalue weighted by atomic mass is 16.5. The number of rotatable bonds is 7. The van der Waals surface area contributed by atoms with Crippen LogP contribution in [-0.2, 0) is 14.3 Å². The number of carbonyl (C=O) groups is 2. The van der Waals surface area contributed by atoms with Gasteiger partial charge in [0.25, 0.3) is 0 Å². The first-order chi connectivity index (χ1) is 10.5. The summed E-state index contributed by atoms with van der Waals surface area (Å²) in [4.78, 5) is 23.0. The maximum Gasteiger partial charge on any atom is 0.230 e. The van der Waals surface area contributed by atoms with Gasteiger partial charge in [-0.15, -0.1) is 0 Å². The van der Waals surface area contributed by atoms with Crippen molar-refractivity contribution in [3.05, 3.63) is 24.3 Å². The first-order valence-corrected chi connectivity index (χ1v) is 7.29. The third kappa shape index (κ3) is 5.01. The number of quaternary nitrogens is 1. The smallest absolute Gasteiger partial charge is 0.230 e. The second kappa shape index (κ2) is 7.77. The van der Waals surface area contributed by atoms with E-state index in [1.165, 1.54) is 12.1 Å². The number of hydrogen-bond acceptors (Lipinski definition) is 5. The van der Waals surface area contributed by atoms with E-state index in [0.717, 1.165) is 12.8 Å². The van der Waals surface area contributed by atoms with Crippen molar-refractivity contribution in [2.45, 2.75) is 31.4 Å². The number of amides is 1. The highest BCUT2D eigenvalue weighted by Gasteiger charge is 2.23. The molecule has 7 heteroatoms. The van der Waals surface area contributed by atoms with Crippen LogP contribution in [0.15, 0.2) is 24.3 Å². The lowest BCUT2D eigenvalue weighted by Gasteiger charge is -2.18. The number of nitrogens with one attached hydrogen (secondary N) is 1. The summed E-state index contributed by atoms with van der Waals surface area (Å²) < 4.78 is 5.42. The second-order valence-electron chi connectivity index (χ2n) is 5.33. The summed E-state index contributed by atoms with van der Waals surface area (Å²) in [5, 5.41) is 24.6. The molecule has 1 heterocycles. The van der Waals surface area contributed by atoms with Gasteiger partial charge >= 0.3 is 0 Å². The number of carboxylic acid groups (broad SMARTS) is 1. The summed E-state index contributed by atoms with van der Waals surface area (Å²) in [6.45, 7) is 1.20. The minimum Gasteiger partial charge on any atom is -0.544 e. The molecule has 1 aromatic carbocycles. The van der Waals surface area contributed by atoms with E-state index in [-0.39, 0.29) is 18.3 Å². The fourth-order valence-electron chi connectivity index (χ4n) is 2.40. The third-order valence-corrected chi connectivity index (χ3v) is 3.55. The van der Waals surface area contributed by atoms with Crippen molar-refractivity contribution < 1.29 is 29.9 Å². The fourth-order valence-corrected chi connectivity index (χ4v) is 2.40. The molecule has 7 nitrogen and oxygen atoms in total. The van der Waals surface area contributed by atoms with E-state index in [2.05, 4.69) is 5.32 Å². The van der Waals surface area contributed by atoms with Crippen molar-refractivity contribution >= 4 is 17.6 Å². The van der Waals surface area contributed by atoms with E-state index in [1.54, 1.807) is 17.4 Å². The fraction of sp³-hybridized carbons (Fsp3) is 0.467. The molecule has 0 radical (unpaired) electrons. The first kappa shape index (κ1) is 16.3. The lowest BCUT2D eigenvalue weighted by atomic mass is 10.1. The van der Waals surface area contributed by atoms with Gasteiger partial charge in [0.05, 0.1) is 12.4 Å². The van der Waals surface area contributed by atoms with Crippen molar-refractivity contribution in [2.24, 2.45) is 0 Å². The average Bonchev–Trinajstić information content (AvgIpc) is 2.96. The predicted molar refractivity (Wildman–Crippen MR) is 75.9 cm³/mol. The van der Waals surface area contributed by atoms with Gasteiger partial charge in [-0.2, -0.15) is 0 Å². The maximum atomic E-state index is 11.9. The topological polar surface area (TPSA) is 115 Å². The van der Waals surface area contributed by atoms with Crippen LogP contribution in [0.2, 0.25) is 0 Å². The Morgan fingerprint density at radius 1 is 1.50 bits per heavy atom. The lowest BCUT2D eigenvalue weighted by molar-refractivity contribution is -0.687. The average molecular weight is 308 g/mol. The molecule has 0 spiro atoms. The molecule has 0 aliphatic carbocycles. The summed E-state index contributed by atoms with van der Waals surface area (Å²) in [7, 11) is 0. The van der Waals surface area contributed by atoms with Crippen LogP contribution < -0.4 is 15.7 Å². The van der Waals surface area contributed by atoms with Gasteiger partial charge in [0, 0.05) is 18.4 Å². The first-order valence-electron chi connectivity index (χ1n) is 7.29. The molecule has 1 aromatic rings. The molecule has 0 saturated carbocycles. The van der Waals surface area contributed by atoms with Gasteiger partial charge in [-0.3, -0.25) is 4.79 Å². The molecule has 1 fully saturated rings. The van der Waals surface area contributed by atoms with Crippen LogP contribution in [0.1, 0.15) is 19.3 Å². The van der Waals surface area contributed by atoms with Crippen molar-refractivity contribution in [2.75, 3.05) is 18.5 Å². The number of anilines is 1. The zero-order chi connectivity index (χ0) is 15.9. The second-order valence-corrected chi connectivity index (χ2v) is 5.33. The summed E-state index contributed by atoms with van der Waals surface area (Å²) in [6, 6.07) is 5.12. The molecule has 0 bridgehead atoms. The van der Waals surface area contributed by atoms with Crippen LogP contribution in [-0.4, -0.2) is 42.3 Å². The number of carbonyl (C=O) groups excluding carboxylic acids is 2. The molecular formula is C15H20N2O5. The van der Waals surface area contributed by atoms with Crippen molar-refractivity contribution in [1.29, 1.82) is 0 Å². The molecule has 120 valence electrons. The molecule has 22 heavy (non-hydrogen) atoms. The van der Waals surface area contributed by atoms with E-state index >= 15 is 0 Å². The van der Waals surface area contributed by atoms with Gasteiger partial charge < -0.3 is 30.4 Å². The summed E-state index contributed by atoms with van der Waals surface area (Å²) in [5.74, 6) is -1.69. The van der Waals surface area contributed by atoms with Crippen molar-refractivity contribution in [3.63, 3.8) is 0 Å². The van der Waals surface area contributed by atoms with Crippen LogP contribution in [0.5, 0.6) is 5.75 Å². The SMILES string of the molecule is O=C(C[C@H]([NH2+]C[C@H]1CCCO1)C(=O)[O-])Nc1cccc(O)c1. The number of phenolic OH excluding ortho intramolecular Hbond substituents is 1. The molecule has 4 N–H and O–H groups in total. The molecule has 1 aliphatic heterocycles. The number of ether oxygens (including phenoxy) is 1. The molecule has 1 saturated heterocycles. The van der Waals surface area contributed by atoms with Crippen LogP contribution >= 0.6 is 0 Å². The van der Waals surface area contributed by atoms with Gasteiger partial charge in [0.1, 0.15) is 24.4 Å². The van der Waals surface area contributed by atoms with Gasteiger partial charge in [-0.05, 0) is 25.0 Å². The number of nitrogens with two attached hydrogens (primary N) is 1. The van der Waals surface area contributed by atoms with E-state index < -0.39 is 17.9 Å². The number of hydrogen-bond donors (Lipinski definition) is 3. The molecular weight excluding hydrogens is 288 g/mol. The molecule has 2 atom stereocenters. The van der Waals surface area contributed by atoms with Crippen LogP contribution in [0.25, 0.3) is 0 Å². The molecule has 1 amide bonds. The van der Waals surface area contributed by atoms with Gasteiger partial charge in [0.2, 0.25) is 5.91 Å². The Morgan fingerprint density at radius 2 is 2.32 bits per heavy atom. The van der Waals surface area contributed by atoms with Crippen molar-refractivity contribution in [1.82, 2.24) is 0 Å². The molecule has 0 aromatic heterocycles. The Labute approximate surface area is 128 Å². The number of benzene rings is 1. The standard InChI is InChI=1S/C15H20N2O5/c18-11-4-1-3-10(7-11)17-14(19)8-13(15(20)21)16-9-12-5-2-6-22-12/h1,3-4,7,12-13,16,18H,2,5-6,8-9H2,(H,17,19)(H,20,21)/t12-,13+/m1/s1. The Balaban J connectivity index is 1.84. The lowest BCUT2D eigenvalue weighted by Crippen LogP contribution is -2.94. The molecule has 2 rings (SSSR count). The molecule has 1 aliphatic rings. The maximum absolute atomic E-state index is 11.9. The normalized spacial score (nSPS) is 18.8. The number of carboxylic acids is 1. The Bertz CT molecular complexity index is 528. The highest BCUT2D eigenvalue weighted by Crippen LogP contribution is 2.15. The molecule has 0 unspecified atom stereocenters. The Kier molecular flexibility index (Phi) is 5.74. The quantitative estimate of drug-likeness (QED) is 0.572.